The Balaban J connectivity index is 0.000000173. The SMILES string of the molecule is CC(C)C1=NCCC1.CC(C)C1=NCCN1C1=NCCN1. The summed E-state index contributed by atoms with van der Waals surface area (Å²) in [6.07, 6.45) is 2.53. The monoisotopic (exact) mass is 291 g/mol. The van der Waals surface area contributed by atoms with Crippen LogP contribution >= 0.6 is 0 Å². The third kappa shape index (κ3) is 4.29. The minimum atomic E-state index is 0.493. The highest BCUT2D eigenvalue weighted by Gasteiger charge is 2.25. The highest BCUT2D eigenvalue weighted by Crippen LogP contribution is 2.11. The lowest BCUT2D eigenvalue weighted by atomic mass is 10.1. The highest BCUT2D eigenvalue weighted by atomic mass is 15.4. The van der Waals surface area contributed by atoms with Gasteiger partial charge in [0.15, 0.2) is 5.96 Å². The van der Waals surface area contributed by atoms with Crippen LogP contribution in [0.3, 0.4) is 0 Å². The lowest BCUT2D eigenvalue weighted by Gasteiger charge is -2.22. The predicted octanol–water partition coefficient (Wildman–Crippen LogP) is 2.19. The van der Waals surface area contributed by atoms with Gasteiger partial charge >= 0.3 is 0 Å². The van der Waals surface area contributed by atoms with Crippen LogP contribution in [0, 0.1) is 11.8 Å². The molecule has 0 aromatic rings. The van der Waals surface area contributed by atoms with Crippen LogP contribution in [0.15, 0.2) is 15.0 Å². The third-order valence-electron chi connectivity index (χ3n) is 3.87. The first-order valence-corrected chi connectivity index (χ1v) is 8.23. The first kappa shape index (κ1) is 16.0. The Morgan fingerprint density at radius 1 is 0.952 bits per heavy atom. The summed E-state index contributed by atoms with van der Waals surface area (Å²) in [5.41, 5.74) is 1.42. The van der Waals surface area contributed by atoms with Gasteiger partial charge in [-0.15, -0.1) is 0 Å². The smallest absolute Gasteiger partial charge is 0.199 e. The van der Waals surface area contributed by atoms with Gasteiger partial charge in [-0.3, -0.25) is 19.9 Å². The molecule has 0 amide bonds. The summed E-state index contributed by atoms with van der Waals surface area (Å²) in [6.45, 7) is 13.6. The number of nitrogens with zero attached hydrogens (tertiary/aromatic N) is 4. The van der Waals surface area contributed by atoms with Gasteiger partial charge in [0.05, 0.1) is 13.1 Å². The molecule has 3 heterocycles. The summed E-state index contributed by atoms with van der Waals surface area (Å²) < 4.78 is 0. The zero-order chi connectivity index (χ0) is 15.2. The average Bonchev–Trinajstić information content (AvgIpc) is 3.20. The maximum atomic E-state index is 4.48. The van der Waals surface area contributed by atoms with Crippen molar-refractivity contribution in [3.05, 3.63) is 0 Å². The fraction of sp³-hybridized carbons (Fsp3) is 0.812. The van der Waals surface area contributed by atoms with Crippen LogP contribution in [0.25, 0.3) is 0 Å². The molecule has 0 saturated carbocycles. The van der Waals surface area contributed by atoms with Crippen LogP contribution in [-0.4, -0.2) is 55.1 Å². The number of hydrogen-bond acceptors (Lipinski definition) is 5. The van der Waals surface area contributed by atoms with E-state index in [1.807, 2.05) is 0 Å². The van der Waals surface area contributed by atoms with Crippen molar-refractivity contribution in [2.24, 2.45) is 26.8 Å². The van der Waals surface area contributed by atoms with Crippen LogP contribution in [0.2, 0.25) is 0 Å². The van der Waals surface area contributed by atoms with Gasteiger partial charge in [0, 0.05) is 31.3 Å². The minimum absolute atomic E-state index is 0.493. The molecule has 0 saturated heterocycles. The van der Waals surface area contributed by atoms with Gasteiger partial charge < -0.3 is 5.32 Å². The molecule has 0 fully saturated rings. The molecule has 5 nitrogen and oxygen atoms in total. The molecule has 0 spiro atoms. The molecule has 3 aliphatic heterocycles. The topological polar surface area (TPSA) is 52.4 Å². The van der Waals surface area contributed by atoms with E-state index in [2.05, 4.69) is 52.9 Å². The maximum Gasteiger partial charge on any atom is 0.199 e. The highest BCUT2D eigenvalue weighted by molar-refractivity contribution is 6.02. The normalized spacial score (nSPS) is 21.0. The molecular formula is C16H29N5. The minimum Gasteiger partial charge on any atom is -0.354 e. The first-order valence-electron chi connectivity index (χ1n) is 8.23. The van der Waals surface area contributed by atoms with Crippen molar-refractivity contribution in [2.75, 3.05) is 32.7 Å². The van der Waals surface area contributed by atoms with E-state index in [1.165, 1.54) is 24.4 Å². The molecular weight excluding hydrogens is 262 g/mol. The lowest BCUT2D eigenvalue weighted by molar-refractivity contribution is 0.608. The van der Waals surface area contributed by atoms with Crippen molar-refractivity contribution in [1.82, 2.24) is 10.2 Å². The summed E-state index contributed by atoms with van der Waals surface area (Å²) in [4.78, 5) is 15.4. The zero-order valence-electron chi connectivity index (χ0n) is 13.9. The third-order valence-corrected chi connectivity index (χ3v) is 3.87. The van der Waals surface area contributed by atoms with Crippen LogP contribution < -0.4 is 5.32 Å². The quantitative estimate of drug-likeness (QED) is 0.848. The molecule has 0 atom stereocenters. The van der Waals surface area contributed by atoms with E-state index in [1.54, 1.807) is 0 Å². The Morgan fingerprint density at radius 3 is 2.24 bits per heavy atom. The molecule has 3 aliphatic rings. The van der Waals surface area contributed by atoms with Gasteiger partial charge in [-0.05, 0) is 18.8 Å². The maximum absolute atomic E-state index is 4.48. The number of aliphatic imine (C=N–C) groups is 3. The molecule has 0 aromatic heterocycles. The van der Waals surface area contributed by atoms with Gasteiger partial charge in [-0.1, -0.05) is 27.7 Å². The first-order chi connectivity index (χ1) is 10.1. The van der Waals surface area contributed by atoms with Crippen molar-refractivity contribution >= 4 is 17.5 Å². The van der Waals surface area contributed by atoms with Crippen LogP contribution in [-0.2, 0) is 0 Å². The molecule has 21 heavy (non-hydrogen) atoms. The molecule has 0 aliphatic carbocycles. The summed E-state index contributed by atoms with van der Waals surface area (Å²) in [6, 6.07) is 0. The fourth-order valence-electron chi connectivity index (χ4n) is 2.77. The standard InChI is InChI=1S/C9H16N4.C7H13N/c1-7(2)8-10-5-6-13(8)9-11-3-4-12-9;1-6(2)7-4-3-5-8-7/h7H,3-6H2,1-2H3,(H,11,12);6H,3-5H2,1-2H3. The van der Waals surface area contributed by atoms with Gasteiger partial charge in [-0.2, -0.15) is 0 Å². The number of hydrogen-bond donors (Lipinski definition) is 1. The molecule has 3 rings (SSSR count). The van der Waals surface area contributed by atoms with E-state index in [-0.39, 0.29) is 0 Å². The average molecular weight is 291 g/mol. The Hall–Kier alpha value is -1.39. The van der Waals surface area contributed by atoms with E-state index >= 15 is 0 Å². The van der Waals surface area contributed by atoms with Crippen molar-refractivity contribution < 1.29 is 0 Å². The Morgan fingerprint density at radius 2 is 1.76 bits per heavy atom. The summed E-state index contributed by atoms with van der Waals surface area (Å²) in [5, 5.41) is 3.28. The molecule has 0 radical (unpaired) electrons. The van der Waals surface area contributed by atoms with Crippen LogP contribution in [0.4, 0.5) is 0 Å². The largest absolute Gasteiger partial charge is 0.354 e. The second-order valence-corrected chi connectivity index (χ2v) is 6.31. The summed E-state index contributed by atoms with van der Waals surface area (Å²) in [5.74, 6) is 3.38. The van der Waals surface area contributed by atoms with Crippen molar-refractivity contribution in [2.45, 2.75) is 40.5 Å². The van der Waals surface area contributed by atoms with Crippen LogP contribution in [0.5, 0.6) is 0 Å². The zero-order valence-corrected chi connectivity index (χ0v) is 13.9. The summed E-state index contributed by atoms with van der Waals surface area (Å²) in [7, 11) is 0. The molecule has 5 heteroatoms. The second-order valence-electron chi connectivity index (χ2n) is 6.31. The van der Waals surface area contributed by atoms with E-state index in [0.717, 1.165) is 38.7 Å². The molecule has 0 unspecified atom stereocenters. The Labute approximate surface area is 128 Å². The number of rotatable bonds is 2. The van der Waals surface area contributed by atoms with Crippen molar-refractivity contribution in [3.63, 3.8) is 0 Å². The second kappa shape index (κ2) is 7.57. The van der Waals surface area contributed by atoms with Gasteiger partial charge in [-0.25, -0.2) is 0 Å². The van der Waals surface area contributed by atoms with Crippen molar-refractivity contribution in [1.29, 1.82) is 0 Å². The molecule has 0 bridgehead atoms. The molecule has 0 aromatic carbocycles. The number of guanidine groups is 1. The molecule has 118 valence electrons. The predicted molar refractivity (Wildman–Crippen MR) is 90.5 cm³/mol. The van der Waals surface area contributed by atoms with Crippen LogP contribution in [0.1, 0.15) is 40.5 Å². The fourth-order valence-corrected chi connectivity index (χ4v) is 2.77. The van der Waals surface area contributed by atoms with E-state index in [0.29, 0.717) is 11.8 Å². The molecule has 1 N–H and O–H groups in total. The number of nitrogens with one attached hydrogen (secondary N) is 1. The Bertz CT molecular complexity index is 434. The van der Waals surface area contributed by atoms with E-state index in [9.17, 15) is 0 Å². The van der Waals surface area contributed by atoms with E-state index < -0.39 is 0 Å². The Kier molecular flexibility index (Phi) is 5.76. The summed E-state index contributed by atoms with van der Waals surface area (Å²) >= 11 is 0. The van der Waals surface area contributed by atoms with E-state index in [4.69, 9.17) is 0 Å². The van der Waals surface area contributed by atoms with Gasteiger partial charge in [0.2, 0.25) is 0 Å². The van der Waals surface area contributed by atoms with Crippen molar-refractivity contribution in [3.8, 4) is 0 Å². The lowest BCUT2D eigenvalue weighted by Crippen LogP contribution is -2.42. The number of amidine groups is 1. The van der Waals surface area contributed by atoms with Gasteiger partial charge in [0.25, 0.3) is 0 Å². The van der Waals surface area contributed by atoms with Gasteiger partial charge in [0.1, 0.15) is 5.84 Å².